The van der Waals surface area contributed by atoms with E-state index in [0.29, 0.717) is 12.3 Å². The number of aromatic nitrogens is 2. The number of fused-ring (bicyclic) bond motifs is 1. The van der Waals surface area contributed by atoms with Crippen LogP contribution in [0.4, 0.5) is 0 Å². The first-order valence-electron chi connectivity index (χ1n) is 7.29. The Kier molecular flexibility index (Phi) is 4.02. The number of hydrogen-bond donors (Lipinski definition) is 0. The van der Waals surface area contributed by atoms with Gasteiger partial charge in [-0.3, -0.25) is 0 Å². The predicted octanol–water partition coefficient (Wildman–Crippen LogP) is 2.72. The van der Waals surface area contributed by atoms with Gasteiger partial charge >= 0.3 is 10.1 Å². The second kappa shape index (κ2) is 5.96. The number of aryl methyl sites for hydroxylation is 1. The molecule has 1 aromatic heterocycles. The molecule has 1 aliphatic rings. The normalized spacial score (nSPS) is 14.4. The Morgan fingerprint density at radius 2 is 2.05 bits per heavy atom. The highest BCUT2D eigenvalue weighted by Crippen LogP contribution is 2.23. The van der Waals surface area contributed by atoms with Gasteiger partial charge in [0.05, 0.1) is 6.20 Å². The van der Waals surface area contributed by atoms with Crippen LogP contribution in [-0.2, 0) is 29.5 Å². The summed E-state index contributed by atoms with van der Waals surface area (Å²) in [5, 5.41) is 0.136. The average Bonchev–Trinajstić information content (AvgIpc) is 2.94. The van der Waals surface area contributed by atoms with Crippen LogP contribution in [-0.4, -0.2) is 18.0 Å². The zero-order chi connectivity index (χ0) is 15.6. The lowest BCUT2D eigenvalue weighted by atomic mass is 10.1. The number of nitrogens with zero attached hydrogens (tertiary/aromatic N) is 2. The van der Waals surface area contributed by atoms with Gasteiger partial charge in [0.25, 0.3) is 0 Å². The molecule has 5 nitrogen and oxygen atoms in total. The summed E-state index contributed by atoms with van der Waals surface area (Å²) >= 11 is 0. The summed E-state index contributed by atoms with van der Waals surface area (Å²) in [5.74, 6) is 1.12. The smallest absolute Gasteiger partial charge is 0.356 e. The van der Waals surface area contributed by atoms with Crippen LogP contribution in [0.25, 0.3) is 0 Å². The molecule has 0 unspecified atom stereocenters. The molecule has 2 aromatic rings. The van der Waals surface area contributed by atoms with Gasteiger partial charge in [0.2, 0.25) is 0 Å². The van der Waals surface area contributed by atoms with Crippen molar-refractivity contribution in [3.63, 3.8) is 0 Å². The predicted molar refractivity (Wildman–Crippen MR) is 83.3 cm³/mol. The average molecular weight is 318 g/mol. The summed E-state index contributed by atoms with van der Waals surface area (Å²) in [6.45, 7) is 4.35. The molecule has 0 amide bonds. The van der Waals surface area contributed by atoms with E-state index in [-0.39, 0.29) is 5.03 Å². The molecule has 0 radical (unpaired) electrons. The van der Waals surface area contributed by atoms with Gasteiger partial charge in [0, 0.05) is 13.0 Å². The second-order valence-corrected chi connectivity index (χ2v) is 6.79. The first kappa shape index (κ1) is 14.8. The molecule has 116 valence electrons. The van der Waals surface area contributed by atoms with Gasteiger partial charge in [-0.25, -0.2) is 4.98 Å². The van der Waals surface area contributed by atoms with Crippen LogP contribution in [0.2, 0.25) is 0 Å². The van der Waals surface area contributed by atoms with E-state index in [1.54, 1.807) is 22.8 Å². The van der Waals surface area contributed by atoms with Gasteiger partial charge in [0.1, 0.15) is 11.6 Å². The van der Waals surface area contributed by atoms with Crippen molar-refractivity contribution in [3.05, 3.63) is 54.5 Å². The lowest BCUT2D eigenvalue weighted by Gasteiger charge is -2.16. The molecule has 0 saturated carbocycles. The van der Waals surface area contributed by atoms with Crippen LogP contribution in [0.1, 0.15) is 24.2 Å². The van der Waals surface area contributed by atoms with Gasteiger partial charge in [-0.05, 0) is 37.0 Å². The number of hydrogen-bond acceptors (Lipinski definition) is 4. The van der Waals surface area contributed by atoms with Crippen molar-refractivity contribution in [2.45, 2.75) is 37.3 Å². The molecule has 2 heterocycles. The molecule has 22 heavy (non-hydrogen) atoms. The van der Waals surface area contributed by atoms with Crippen molar-refractivity contribution >= 4 is 10.1 Å². The summed E-state index contributed by atoms with van der Waals surface area (Å²) in [5.41, 5.74) is 1.06. The molecule has 1 aromatic carbocycles. The minimum atomic E-state index is -3.86. The number of benzene rings is 1. The molecule has 3 rings (SSSR count). The van der Waals surface area contributed by atoms with Gasteiger partial charge in [-0.2, -0.15) is 8.42 Å². The zero-order valence-corrected chi connectivity index (χ0v) is 13.1. The highest BCUT2D eigenvalue weighted by molar-refractivity contribution is 7.87. The number of imidazole rings is 1. The van der Waals surface area contributed by atoms with E-state index in [9.17, 15) is 8.42 Å². The van der Waals surface area contributed by atoms with Crippen molar-refractivity contribution in [1.82, 2.24) is 9.55 Å². The highest BCUT2D eigenvalue weighted by atomic mass is 32.2. The molecule has 6 heteroatoms. The lowest BCUT2D eigenvalue weighted by Crippen LogP contribution is -2.19. The number of allylic oxidation sites excluding steroid dienone is 1. The second-order valence-electron chi connectivity index (χ2n) is 5.30. The Hall–Kier alpha value is -2.08. The lowest BCUT2D eigenvalue weighted by molar-refractivity contribution is 0.451. The molecular formula is C16H18N2O3S. The van der Waals surface area contributed by atoms with Crippen LogP contribution >= 0.6 is 0 Å². The van der Waals surface area contributed by atoms with Crippen molar-refractivity contribution in [1.29, 1.82) is 0 Å². The largest absolute Gasteiger partial charge is 0.378 e. The molecule has 0 saturated heterocycles. The fourth-order valence-electron chi connectivity index (χ4n) is 2.60. The van der Waals surface area contributed by atoms with Gasteiger partial charge in [0.15, 0.2) is 5.03 Å². The zero-order valence-electron chi connectivity index (χ0n) is 12.2. The molecule has 0 fully saturated rings. The highest BCUT2D eigenvalue weighted by Gasteiger charge is 2.25. The molecule has 0 N–H and O–H groups in total. The van der Waals surface area contributed by atoms with E-state index in [0.717, 1.165) is 37.1 Å². The van der Waals surface area contributed by atoms with E-state index in [2.05, 4.69) is 11.6 Å². The summed E-state index contributed by atoms with van der Waals surface area (Å²) < 4.78 is 31.9. The summed E-state index contributed by atoms with van der Waals surface area (Å²) in [6, 6.07) is 6.98. The standard InChI is InChI=1S/C16H18N2O3S/c1-2-5-13-7-9-14(10-8-13)21-22(19,20)16-12-17-15-6-3-4-11-18(15)16/h2,7-10,12H,1,3-6,11H2. The van der Waals surface area contributed by atoms with Crippen molar-refractivity contribution in [3.8, 4) is 5.75 Å². The van der Waals surface area contributed by atoms with Gasteiger partial charge < -0.3 is 8.75 Å². The summed E-state index contributed by atoms with van der Waals surface area (Å²) in [6.07, 6.45) is 6.74. The third kappa shape index (κ3) is 2.92. The van der Waals surface area contributed by atoms with Crippen LogP contribution in [0.3, 0.4) is 0 Å². The van der Waals surface area contributed by atoms with E-state index >= 15 is 0 Å². The number of rotatable bonds is 5. The van der Waals surface area contributed by atoms with Crippen molar-refractivity contribution < 1.29 is 12.6 Å². The fourth-order valence-corrected chi connectivity index (χ4v) is 3.70. The van der Waals surface area contributed by atoms with E-state index in [4.69, 9.17) is 4.18 Å². The Morgan fingerprint density at radius 1 is 1.27 bits per heavy atom. The van der Waals surface area contributed by atoms with Crippen molar-refractivity contribution in [2.24, 2.45) is 0 Å². The van der Waals surface area contributed by atoms with Crippen molar-refractivity contribution in [2.75, 3.05) is 0 Å². The molecule has 0 atom stereocenters. The molecular weight excluding hydrogens is 300 g/mol. The maximum atomic E-state index is 12.4. The summed E-state index contributed by atoms with van der Waals surface area (Å²) in [7, 11) is -3.86. The molecule has 0 spiro atoms. The Bertz CT molecular complexity index is 776. The molecule has 1 aliphatic heterocycles. The summed E-state index contributed by atoms with van der Waals surface area (Å²) in [4.78, 5) is 4.20. The van der Waals surface area contributed by atoms with E-state index in [1.807, 2.05) is 12.1 Å². The first-order chi connectivity index (χ1) is 10.6. The van der Waals surface area contributed by atoms with E-state index < -0.39 is 10.1 Å². The van der Waals surface area contributed by atoms with Gasteiger partial charge in [-0.15, -0.1) is 6.58 Å². The fraction of sp³-hybridized carbons (Fsp3) is 0.312. The maximum Gasteiger partial charge on any atom is 0.356 e. The SMILES string of the molecule is C=CCc1ccc(OS(=O)(=O)c2cnc3n2CCCC3)cc1. The third-order valence-corrected chi connectivity index (χ3v) is 4.95. The topological polar surface area (TPSA) is 61.2 Å². The Morgan fingerprint density at radius 3 is 2.77 bits per heavy atom. The van der Waals surface area contributed by atoms with Crippen LogP contribution in [0, 0.1) is 0 Å². The maximum absolute atomic E-state index is 12.4. The minimum absolute atomic E-state index is 0.136. The third-order valence-electron chi connectivity index (χ3n) is 3.70. The van der Waals surface area contributed by atoms with Gasteiger partial charge in [-0.1, -0.05) is 18.2 Å². The molecule has 0 aliphatic carbocycles. The minimum Gasteiger partial charge on any atom is -0.378 e. The van der Waals surface area contributed by atoms with Crippen LogP contribution < -0.4 is 4.18 Å². The Balaban J connectivity index is 1.84. The van der Waals surface area contributed by atoms with Crippen LogP contribution in [0.5, 0.6) is 5.75 Å². The van der Waals surface area contributed by atoms with E-state index in [1.165, 1.54) is 6.20 Å². The quantitative estimate of drug-likeness (QED) is 0.628. The first-order valence-corrected chi connectivity index (χ1v) is 8.70. The Labute approximate surface area is 130 Å². The van der Waals surface area contributed by atoms with Crippen LogP contribution in [0.15, 0.2) is 48.1 Å². The monoisotopic (exact) mass is 318 g/mol. The molecule has 0 bridgehead atoms.